The van der Waals surface area contributed by atoms with Gasteiger partial charge in [0.05, 0.1) is 6.10 Å². The van der Waals surface area contributed by atoms with Crippen LogP contribution in [-0.4, -0.2) is 49.1 Å². The van der Waals surface area contributed by atoms with Crippen molar-refractivity contribution in [1.82, 2.24) is 5.32 Å². The highest BCUT2D eigenvalue weighted by Gasteiger charge is 2.31. The summed E-state index contributed by atoms with van der Waals surface area (Å²) in [5.74, 6) is 0. The summed E-state index contributed by atoms with van der Waals surface area (Å²) in [5, 5.41) is 11.3. The Balaban J connectivity index is 2.31. The zero-order chi connectivity index (χ0) is 11.5. The fourth-order valence-electron chi connectivity index (χ4n) is 1.31. The van der Waals surface area contributed by atoms with Gasteiger partial charge in [-0.1, -0.05) is 0 Å². The van der Waals surface area contributed by atoms with Gasteiger partial charge in [-0.25, -0.2) is 4.39 Å². The Morgan fingerprint density at radius 1 is 1.60 bits per heavy atom. The largest absolute Gasteiger partial charge is 0.377 e. The average Bonchev–Trinajstić information content (AvgIpc) is 2.63. The number of hydrogen-bond acceptors (Lipinski definition) is 5. The normalized spacial score (nSPS) is 26.5. The van der Waals surface area contributed by atoms with Crippen LogP contribution >= 0.6 is 0 Å². The lowest BCUT2D eigenvalue weighted by molar-refractivity contribution is 0.0532. The van der Waals surface area contributed by atoms with Gasteiger partial charge in [0.15, 0.2) is 6.23 Å². The molecule has 90 valence electrons. The number of aliphatic hydroxyl groups is 1. The van der Waals surface area contributed by atoms with Crippen molar-refractivity contribution in [3.05, 3.63) is 0 Å². The molecule has 0 spiro atoms. The van der Waals surface area contributed by atoms with Gasteiger partial charge < -0.3 is 9.84 Å². The second-order valence-electron chi connectivity index (χ2n) is 3.35. The predicted octanol–water partition coefficient (Wildman–Crippen LogP) is -0.743. The average molecular weight is 243 g/mol. The van der Waals surface area contributed by atoms with E-state index in [2.05, 4.69) is 5.32 Å². The van der Waals surface area contributed by atoms with Crippen LogP contribution in [0.5, 0.6) is 0 Å². The van der Waals surface area contributed by atoms with Crippen LogP contribution in [0.2, 0.25) is 0 Å². The van der Waals surface area contributed by atoms with Crippen LogP contribution in [0.1, 0.15) is 12.8 Å². The number of hydrogen-bond donors (Lipinski definition) is 3. The van der Waals surface area contributed by atoms with Crippen LogP contribution in [0.4, 0.5) is 4.39 Å². The minimum absolute atomic E-state index is 0.145. The summed E-state index contributed by atoms with van der Waals surface area (Å²) in [6.45, 7) is 0.761. The van der Waals surface area contributed by atoms with E-state index >= 15 is 0 Å². The Hall–Kier alpha value is -0.280. The number of rotatable bonds is 5. The summed E-state index contributed by atoms with van der Waals surface area (Å²) >= 11 is 0. The molecule has 6 nitrogen and oxygen atoms in total. The lowest BCUT2D eigenvalue weighted by Crippen LogP contribution is -2.44. The first-order valence-electron chi connectivity index (χ1n) is 4.54. The molecule has 0 amide bonds. The maximum absolute atomic E-state index is 12.8. The second-order valence-corrected chi connectivity index (χ2v) is 4.83. The van der Waals surface area contributed by atoms with E-state index < -0.39 is 21.8 Å². The molecule has 1 rings (SSSR count). The van der Waals surface area contributed by atoms with E-state index in [0.717, 1.165) is 12.8 Å². The number of halogens is 1. The van der Waals surface area contributed by atoms with Crippen molar-refractivity contribution < 1.29 is 27.2 Å². The summed E-state index contributed by atoms with van der Waals surface area (Å²) in [7, 11) is -4.87. The van der Waals surface area contributed by atoms with E-state index in [9.17, 15) is 12.8 Å². The minimum Gasteiger partial charge on any atom is -0.377 e. The fourth-order valence-corrected chi connectivity index (χ4v) is 1.74. The molecule has 1 aliphatic heterocycles. The number of alkyl halides is 1. The molecular weight excluding hydrogens is 229 g/mol. The number of aliphatic hydroxyl groups excluding tert-OH is 1. The molecule has 0 saturated carbocycles. The molecule has 0 aromatic carbocycles. The zero-order valence-electron chi connectivity index (χ0n) is 7.97. The standard InChI is InChI=1S/C7H14FNO5S/c8-6(15(11,12)13)7(10)9-4-5-2-1-3-14-5/h5-7,9-10H,1-4H2,(H,11,12,13). The van der Waals surface area contributed by atoms with E-state index in [0.29, 0.717) is 6.61 Å². The molecule has 3 N–H and O–H groups in total. The second kappa shape index (κ2) is 5.17. The van der Waals surface area contributed by atoms with Crippen LogP contribution < -0.4 is 5.32 Å². The molecule has 15 heavy (non-hydrogen) atoms. The highest BCUT2D eigenvalue weighted by molar-refractivity contribution is 7.86. The lowest BCUT2D eigenvalue weighted by atomic mass is 10.2. The van der Waals surface area contributed by atoms with Gasteiger partial charge in [-0.3, -0.25) is 9.87 Å². The maximum atomic E-state index is 12.8. The number of ether oxygens (including phenoxy) is 1. The van der Waals surface area contributed by atoms with Crippen molar-refractivity contribution in [2.45, 2.75) is 30.7 Å². The van der Waals surface area contributed by atoms with E-state index in [4.69, 9.17) is 14.4 Å². The van der Waals surface area contributed by atoms with Crippen LogP contribution in [-0.2, 0) is 14.9 Å². The van der Waals surface area contributed by atoms with Gasteiger partial charge >= 0.3 is 10.1 Å². The highest BCUT2D eigenvalue weighted by atomic mass is 32.2. The van der Waals surface area contributed by atoms with Crippen molar-refractivity contribution in [2.75, 3.05) is 13.2 Å². The molecule has 0 radical (unpaired) electrons. The molecule has 0 aromatic heterocycles. The first-order valence-corrected chi connectivity index (χ1v) is 6.05. The molecule has 0 aliphatic carbocycles. The van der Waals surface area contributed by atoms with E-state index in [1.165, 1.54) is 0 Å². The van der Waals surface area contributed by atoms with Crippen molar-refractivity contribution in [2.24, 2.45) is 0 Å². The fraction of sp³-hybridized carbons (Fsp3) is 1.00. The Labute approximate surface area is 87.2 Å². The molecule has 1 saturated heterocycles. The maximum Gasteiger partial charge on any atom is 0.301 e. The summed E-state index contributed by atoms with van der Waals surface area (Å²) in [4.78, 5) is 0. The van der Waals surface area contributed by atoms with E-state index in [1.54, 1.807) is 0 Å². The Kier molecular flexibility index (Phi) is 4.41. The van der Waals surface area contributed by atoms with Gasteiger partial charge in [-0.2, -0.15) is 8.42 Å². The Morgan fingerprint density at radius 2 is 2.27 bits per heavy atom. The summed E-state index contributed by atoms with van der Waals surface area (Å²) < 4.78 is 46.9. The molecule has 0 aromatic rings. The summed E-state index contributed by atoms with van der Waals surface area (Å²) in [5.41, 5.74) is -2.74. The summed E-state index contributed by atoms with van der Waals surface area (Å²) in [6.07, 6.45) is -0.417. The minimum atomic E-state index is -4.87. The van der Waals surface area contributed by atoms with E-state index in [-0.39, 0.29) is 12.6 Å². The van der Waals surface area contributed by atoms with Crippen molar-refractivity contribution in [3.63, 3.8) is 0 Å². The van der Waals surface area contributed by atoms with E-state index in [1.807, 2.05) is 0 Å². The first-order chi connectivity index (χ1) is 6.91. The predicted molar refractivity (Wildman–Crippen MR) is 49.4 cm³/mol. The van der Waals surface area contributed by atoms with Crippen LogP contribution in [0.3, 0.4) is 0 Å². The lowest BCUT2D eigenvalue weighted by Gasteiger charge is -2.17. The van der Waals surface area contributed by atoms with Gasteiger partial charge in [-0.15, -0.1) is 0 Å². The molecule has 1 aliphatic rings. The first kappa shape index (κ1) is 12.8. The monoisotopic (exact) mass is 243 g/mol. The Bertz CT molecular complexity index is 290. The topological polar surface area (TPSA) is 95.9 Å². The zero-order valence-corrected chi connectivity index (χ0v) is 8.78. The number of nitrogens with one attached hydrogen (secondary N) is 1. The van der Waals surface area contributed by atoms with Gasteiger partial charge in [0.1, 0.15) is 0 Å². The van der Waals surface area contributed by atoms with Gasteiger partial charge in [0, 0.05) is 13.2 Å². The van der Waals surface area contributed by atoms with Crippen LogP contribution in [0, 0.1) is 0 Å². The van der Waals surface area contributed by atoms with Crippen LogP contribution in [0.15, 0.2) is 0 Å². The third-order valence-corrected chi connectivity index (χ3v) is 2.94. The van der Waals surface area contributed by atoms with Crippen molar-refractivity contribution >= 4 is 10.1 Å². The molecular formula is C7H14FNO5S. The molecule has 8 heteroatoms. The highest BCUT2D eigenvalue weighted by Crippen LogP contribution is 2.11. The van der Waals surface area contributed by atoms with Crippen molar-refractivity contribution in [3.8, 4) is 0 Å². The molecule has 1 fully saturated rings. The quantitative estimate of drug-likeness (QED) is 0.434. The molecule has 1 heterocycles. The smallest absolute Gasteiger partial charge is 0.301 e. The summed E-state index contributed by atoms with van der Waals surface area (Å²) in [6, 6.07) is 0. The SMILES string of the molecule is O=S(=O)(O)C(F)C(O)NCC1CCCO1. The third kappa shape index (κ3) is 3.99. The Morgan fingerprint density at radius 3 is 2.73 bits per heavy atom. The van der Waals surface area contributed by atoms with Gasteiger partial charge in [-0.05, 0) is 12.8 Å². The van der Waals surface area contributed by atoms with Gasteiger partial charge in [0.2, 0.25) is 0 Å². The van der Waals surface area contributed by atoms with Crippen LogP contribution in [0.25, 0.3) is 0 Å². The van der Waals surface area contributed by atoms with Crippen molar-refractivity contribution in [1.29, 1.82) is 0 Å². The third-order valence-electron chi connectivity index (χ3n) is 2.11. The molecule has 3 atom stereocenters. The van der Waals surface area contributed by atoms with Gasteiger partial charge in [0.25, 0.3) is 5.50 Å². The molecule has 0 bridgehead atoms. The molecule has 3 unspecified atom stereocenters.